The lowest BCUT2D eigenvalue weighted by Crippen LogP contribution is -2.13. The van der Waals surface area contributed by atoms with E-state index in [1.807, 2.05) is 22.6 Å². The first-order chi connectivity index (χ1) is 9.88. The van der Waals surface area contributed by atoms with Crippen molar-refractivity contribution in [2.24, 2.45) is 5.73 Å². The highest BCUT2D eigenvalue weighted by Gasteiger charge is 2.11. The molecule has 2 aromatic rings. The van der Waals surface area contributed by atoms with E-state index in [9.17, 15) is 9.90 Å². The molecule has 2 aromatic carbocycles. The fourth-order valence-electron chi connectivity index (χ4n) is 1.62. The van der Waals surface area contributed by atoms with Gasteiger partial charge in [0, 0.05) is 15.6 Å². The molecular weight excluding hydrogens is 467 g/mol. The normalized spacial score (nSPS) is 10.2. The Hall–Kier alpha value is -1.19. The Morgan fingerprint density at radius 2 is 1.90 bits per heavy atom. The van der Waals surface area contributed by atoms with Crippen LogP contribution < -0.4 is 11.1 Å². The Morgan fingerprint density at radius 1 is 1.24 bits per heavy atom. The summed E-state index contributed by atoms with van der Waals surface area (Å²) in [5, 5.41) is 12.4. The first-order valence-electron chi connectivity index (χ1n) is 5.77. The van der Waals surface area contributed by atoms with Crippen LogP contribution in [0, 0.1) is 3.57 Å². The monoisotopic (exact) mass is 476 g/mol. The van der Waals surface area contributed by atoms with Crippen molar-refractivity contribution in [1.29, 1.82) is 0 Å². The zero-order valence-electron chi connectivity index (χ0n) is 10.6. The first kappa shape index (κ1) is 16.2. The van der Waals surface area contributed by atoms with Crippen molar-refractivity contribution >= 4 is 67.3 Å². The molecule has 0 saturated heterocycles. The number of aromatic hydroxyl groups is 1. The lowest BCUT2D eigenvalue weighted by atomic mass is 10.1. The minimum absolute atomic E-state index is 0.0751. The van der Waals surface area contributed by atoms with Crippen LogP contribution in [0.2, 0.25) is 0 Å². The van der Waals surface area contributed by atoms with Gasteiger partial charge in [-0.1, -0.05) is 12.2 Å². The van der Waals surface area contributed by atoms with Crippen molar-refractivity contribution in [1.82, 2.24) is 0 Å². The summed E-state index contributed by atoms with van der Waals surface area (Å²) in [6, 6.07) is 9.93. The molecule has 0 heterocycles. The number of carbonyl (C=O) groups excluding carboxylic acids is 1. The third kappa shape index (κ3) is 3.92. The van der Waals surface area contributed by atoms with Gasteiger partial charge in [-0.05, 0) is 74.9 Å². The number of nitrogens with two attached hydrogens (primary N) is 1. The van der Waals surface area contributed by atoms with E-state index >= 15 is 0 Å². The van der Waals surface area contributed by atoms with Crippen molar-refractivity contribution in [2.75, 3.05) is 5.32 Å². The van der Waals surface area contributed by atoms with E-state index in [1.165, 1.54) is 6.07 Å². The number of amides is 1. The van der Waals surface area contributed by atoms with E-state index < -0.39 is 0 Å². The Balaban J connectivity index is 2.23. The predicted octanol–water partition coefficient (Wildman–Crippen LogP) is 3.65. The molecule has 0 aliphatic carbocycles. The summed E-state index contributed by atoms with van der Waals surface area (Å²) < 4.78 is 1.36. The zero-order chi connectivity index (χ0) is 15.6. The first-order valence-corrected chi connectivity index (χ1v) is 8.05. The van der Waals surface area contributed by atoms with Gasteiger partial charge in [-0.15, -0.1) is 0 Å². The van der Waals surface area contributed by atoms with E-state index in [4.69, 9.17) is 18.0 Å². The fourth-order valence-corrected chi connectivity index (χ4v) is 2.56. The molecule has 0 atom stereocenters. The molecule has 0 saturated carbocycles. The van der Waals surface area contributed by atoms with Gasteiger partial charge in [-0.25, -0.2) is 0 Å². The average molecular weight is 477 g/mol. The zero-order valence-corrected chi connectivity index (χ0v) is 15.1. The van der Waals surface area contributed by atoms with Gasteiger partial charge in [0.2, 0.25) is 0 Å². The van der Waals surface area contributed by atoms with Crippen LogP contribution in [0.25, 0.3) is 0 Å². The van der Waals surface area contributed by atoms with Crippen molar-refractivity contribution in [3.8, 4) is 5.75 Å². The van der Waals surface area contributed by atoms with Crippen LogP contribution in [0.5, 0.6) is 5.75 Å². The number of rotatable bonds is 3. The molecule has 1 amide bonds. The summed E-state index contributed by atoms with van der Waals surface area (Å²) in [4.78, 5) is 12.4. The van der Waals surface area contributed by atoms with Crippen LogP contribution in [0.3, 0.4) is 0 Å². The average Bonchev–Trinajstić information content (AvgIpc) is 2.43. The predicted molar refractivity (Wildman–Crippen MR) is 98.8 cm³/mol. The minimum atomic E-state index is -0.314. The molecule has 4 N–H and O–H groups in total. The molecule has 0 radical (unpaired) electrons. The number of phenols is 1. The number of phenolic OH excluding ortho intramolecular Hbond substituents is 1. The fraction of sp³-hybridized carbons (Fsp3) is 0. The van der Waals surface area contributed by atoms with Gasteiger partial charge < -0.3 is 16.2 Å². The molecular formula is C14H10BrIN2O2S. The van der Waals surface area contributed by atoms with Crippen molar-refractivity contribution < 1.29 is 9.90 Å². The Morgan fingerprint density at radius 3 is 2.48 bits per heavy atom. The van der Waals surface area contributed by atoms with E-state index in [2.05, 4.69) is 21.2 Å². The van der Waals surface area contributed by atoms with Gasteiger partial charge in [0.05, 0.1) is 9.26 Å². The molecule has 0 fully saturated rings. The third-order valence-electron chi connectivity index (χ3n) is 2.71. The molecule has 0 aliphatic rings. The highest BCUT2D eigenvalue weighted by molar-refractivity contribution is 14.1. The smallest absolute Gasteiger partial charge is 0.255 e. The number of benzene rings is 2. The number of anilines is 1. The standard InChI is InChI=1S/C14H10BrIN2O2S/c15-9-5-7(13(17)21)2-4-11(9)18-14(20)8-1-3-10(16)12(19)6-8/h1-6,19H,(H2,17,21)(H,18,20). The minimum Gasteiger partial charge on any atom is -0.507 e. The number of hydrogen-bond donors (Lipinski definition) is 3. The molecule has 7 heteroatoms. The summed E-state index contributed by atoms with van der Waals surface area (Å²) >= 11 is 10.2. The molecule has 0 aromatic heterocycles. The van der Waals surface area contributed by atoms with Gasteiger partial charge in [-0.2, -0.15) is 0 Å². The molecule has 0 unspecified atom stereocenters. The summed E-state index contributed by atoms with van der Waals surface area (Å²) in [5.74, 6) is -0.239. The van der Waals surface area contributed by atoms with Crippen LogP contribution in [-0.2, 0) is 0 Å². The molecule has 108 valence electrons. The number of nitrogens with one attached hydrogen (secondary N) is 1. The highest BCUT2D eigenvalue weighted by Crippen LogP contribution is 2.25. The second kappa shape index (κ2) is 6.71. The Bertz CT molecular complexity index is 737. The summed E-state index contributed by atoms with van der Waals surface area (Å²) in [5.41, 5.74) is 7.23. The number of hydrogen-bond acceptors (Lipinski definition) is 3. The topological polar surface area (TPSA) is 75.3 Å². The van der Waals surface area contributed by atoms with Crippen LogP contribution in [-0.4, -0.2) is 16.0 Å². The van der Waals surface area contributed by atoms with E-state index in [1.54, 1.807) is 30.3 Å². The molecule has 0 aliphatic heterocycles. The third-order valence-corrected chi connectivity index (χ3v) is 4.51. The number of halogens is 2. The van der Waals surface area contributed by atoms with Gasteiger partial charge in [0.15, 0.2) is 0 Å². The molecule has 2 rings (SSSR count). The van der Waals surface area contributed by atoms with Crippen molar-refractivity contribution in [3.63, 3.8) is 0 Å². The summed E-state index contributed by atoms with van der Waals surface area (Å²) in [6.07, 6.45) is 0. The van der Waals surface area contributed by atoms with Gasteiger partial charge in [-0.3, -0.25) is 4.79 Å². The molecule has 0 spiro atoms. The van der Waals surface area contributed by atoms with Gasteiger partial charge in [0.25, 0.3) is 5.91 Å². The van der Waals surface area contributed by atoms with Crippen molar-refractivity contribution in [2.45, 2.75) is 0 Å². The van der Waals surface area contributed by atoms with Gasteiger partial charge in [0.1, 0.15) is 10.7 Å². The van der Waals surface area contributed by atoms with Gasteiger partial charge >= 0.3 is 0 Å². The lowest BCUT2D eigenvalue weighted by Gasteiger charge is -2.09. The maximum absolute atomic E-state index is 12.2. The quantitative estimate of drug-likeness (QED) is 0.467. The summed E-state index contributed by atoms with van der Waals surface area (Å²) in [7, 11) is 0. The van der Waals surface area contributed by atoms with Crippen LogP contribution in [0.15, 0.2) is 40.9 Å². The number of carbonyl (C=O) groups is 1. The SMILES string of the molecule is NC(=S)c1ccc(NC(=O)c2ccc(I)c(O)c2)c(Br)c1. The molecule has 21 heavy (non-hydrogen) atoms. The molecule has 0 bridgehead atoms. The Kier molecular flexibility index (Phi) is 5.17. The lowest BCUT2D eigenvalue weighted by molar-refractivity contribution is 0.102. The maximum atomic E-state index is 12.2. The Labute approximate surface area is 149 Å². The molecule has 4 nitrogen and oxygen atoms in total. The second-order valence-electron chi connectivity index (χ2n) is 4.18. The van der Waals surface area contributed by atoms with E-state index in [0.717, 1.165) is 0 Å². The number of thiocarbonyl (C=S) groups is 1. The van der Waals surface area contributed by atoms with Crippen molar-refractivity contribution in [3.05, 3.63) is 55.6 Å². The van der Waals surface area contributed by atoms with Crippen LogP contribution in [0.1, 0.15) is 15.9 Å². The van der Waals surface area contributed by atoms with Crippen LogP contribution in [0.4, 0.5) is 5.69 Å². The second-order valence-corrected chi connectivity index (χ2v) is 6.64. The van der Waals surface area contributed by atoms with E-state index in [0.29, 0.717) is 24.9 Å². The highest BCUT2D eigenvalue weighted by atomic mass is 127. The summed E-state index contributed by atoms with van der Waals surface area (Å²) in [6.45, 7) is 0. The largest absolute Gasteiger partial charge is 0.507 e. The maximum Gasteiger partial charge on any atom is 0.255 e. The van der Waals surface area contributed by atoms with Crippen LogP contribution >= 0.6 is 50.7 Å². The van der Waals surface area contributed by atoms with E-state index in [-0.39, 0.29) is 16.6 Å².